The van der Waals surface area contributed by atoms with Gasteiger partial charge in [0, 0.05) is 0 Å². The zero-order chi connectivity index (χ0) is 21.7. The molecule has 0 unspecified atom stereocenters. The standard InChI is InChI=1S/C25H35NO3/c1-15(2)20-10-9-17(5)11-24(20)29-14-25(27)26-19(7)22-13-21(16(3)4)23(28-8)12-18(22)6/h9-13,15-16,19H,14H2,1-8H3,(H,26,27)/t19-/m1/s1. The first kappa shape index (κ1) is 22.8. The minimum atomic E-state index is -0.130. The second-order valence-corrected chi connectivity index (χ2v) is 8.38. The summed E-state index contributed by atoms with van der Waals surface area (Å²) in [5.74, 6) is 2.22. The van der Waals surface area contributed by atoms with Gasteiger partial charge in [0.15, 0.2) is 6.61 Å². The molecule has 158 valence electrons. The van der Waals surface area contributed by atoms with Gasteiger partial charge in [0.25, 0.3) is 5.91 Å². The quantitative estimate of drug-likeness (QED) is 0.611. The van der Waals surface area contributed by atoms with Gasteiger partial charge in [-0.2, -0.15) is 0 Å². The van der Waals surface area contributed by atoms with Gasteiger partial charge in [0.2, 0.25) is 0 Å². The average molecular weight is 398 g/mol. The fourth-order valence-corrected chi connectivity index (χ4v) is 3.56. The van der Waals surface area contributed by atoms with Crippen molar-refractivity contribution >= 4 is 5.91 Å². The fraction of sp³-hybridized carbons (Fsp3) is 0.480. The van der Waals surface area contributed by atoms with Crippen LogP contribution in [0.3, 0.4) is 0 Å². The van der Waals surface area contributed by atoms with Crippen molar-refractivity contribution < 1.29 is 14.3 Å². The van der Waals surface area contributed by atoms with Crippen LogP contribution in [0.15, 0.2) is 30.3 Å². The number of hydrogen-bond donors (Lipinski definition) is 1. The van der Waals surface area contributed by atoms with Gasteiger partial charge in [-0.3, -0.25) is 4.79 Å². The number of methoxy groups -OCH3 is 1. The molecule has 1 amide bonds. The molecule has 0 aliphatic heterocycles. The molecule has 0 aliphatic carbocycles. The van der Waals surface area contributed by atoms with Crippen molar-refractivity contribution in [3.8, 4) is 11.5 Å². The minimum Gasteiger partial charge on any atom is -0.496 e. The third-order valence-corrected chi connectivity index (χ3v) is 5.23. The lowest BCUT2D eigenvalue weighted by Crippen LogP contribution is -2.31. The van der Waals surface area contributed by atoms with Crippen LogP contribution in [0.2, 0.25) is 0 Å². The van der Waals surface area contributed by atoms with Gasteiger partial charge < -0.3 is 14.8 Å². The van der Waals surface area contributed by atoms with Crippen LogP contribution in [0, 0.1) is 13.8 Å². The van der Waals surface area contributed by atoms with Crippen LogP contribution in [-0.4, -0.2) is 19.6 Å². The van der Waals surface area contributed by atoms with E-state index in [1.54, 1.807) is 7.11 Å². The smallest absolute Gasteiger partial charge is 0.258 e. The molecule has 4 nitrogen and oxygen atoms in total. The van der Waals surface area contributed by atoms with Crippen molar-refractivity contribution in [2.24, 2.45) is 0 Å². The highest BCUT2D eigenvalue weighted by Crippen LogP contribution is 2.32. The largest absolute Gasteiger partial charge is 0.496 e. The first-order valence-electron chi connectivity index (χ1n) is 10.3. The summed E-state index contributed by atoms with van der Waals surface area (Å²) in [7, 11) is 1.69. The molecular weight excluding hydrogens is 362 g/mol. The molecule has 0 aromatic heterocycles. The maximum Gasteiger partial charge on any atom is 0.258 e. The third kappa shape index (κ3) is 5.75. The Morgan fingerprint density at radius 3 is 2.14 bits per heavy atom. The summed E-state index contributed by atoms with van der Waals surface area (Å²) in [4.78, 5) is 12.6. The number of carbonyl (C=O) groups excluding carboxylic acids is 1. The van der Waals surface area contributed by atoms with Gasteiger partial charge in [0.1, 0.15) is 11.5 Å². The minimum absolute atomic E-state index is 0.000245. The molecule has 0 saturated carbocycles. The Hall–Kier alpha value is -2.49. The van der Waals surface area contributed by atoms with Crippen molar-refractivity contribution in [1.82, 2.24) is 5.32 Å². The van der Waals surface area contributed by atoms with E-state index in [4.69, 9.17) is 9.47 Å². The Morgan fingerprint density at radius 1 is 0.897 bits per heavy atom. The molecule has 2 aromatic carbocycles. The molecule has 0 radical (unpaired) electrons. The Balaban J connectivity index is 2.10. The zero-order valence-corrected chi connectivity index (χ0v) is 19.1. The van der Waals surface area contributed by atoms with Crippen molar-refractivity contribution in [2.75, 3.05) is 13.7 Å². The molecule has 2 rings (SSSR count). The maximum absolute atomic E-state index is 12.6. The number of nitrogens with one attached hydrogen (secondary N) is 1. The molecule has 0 fully saturated rings. The second kappa shape index (κ2) is 9.82. The van der Waals surface area contributed by atoms with E-state index in [0.29, 0.717) is 11.8 Å². The number of hydrogen-bond acceptors (Lipinski definition) is 3. The Kier molecular flexibility index (Phi) is 7.72. The number of amides is 1. The second-order valence-electron chi connectivity index (χ2n) is 8.38. The molecule has 2 aromatic rings. The van der Waals surface area contributed by atoms with Crippen LogP contribution in [0.1, 0.15) is 80.3 Å². The lowest BCUT2D eigenvalue weighted by molar-refractivity contribution is -0.123. The van der Waals surface area contributed by atoms with Crippen LogP contribution >= 0.6 is 0 Å². The lowest BCUT2D eigenvalue weighted by Gasteiger charge is -2.21. The lowest BCUT2D eigenvalue weighted by atomic mass is 9.93. The van der Waals surface area contributed by atoms with Gasteiger partial charge in [-0.05, 0) is 78.6 Å². The van der Waals surface area contributed by atoms with E-state index in [1.165, 1.54) is 0 Å². The molecule has 0 saturated heterocycles. The Labute approximate surface area is 175 Å². The third-order valence-electron chi connectivity index (χ3n) is 5.23. The summed E-state index contributed by atoms with van der Waals surface area (Å²) in [6, 6.07) is 10.2. The van der Waals surface area contributed by atoms with E-state index in [1.807, 2.05) is 32.9 Å². The maximum atomic E-state index is 12.6. The summed E-state index contributed by atoms with van der Waals surface area (Å²) in [5, 5.41) is 3.07. The Morgan fingerprint density at radius 2 is 1.55 bits per heavy atom. The molecule has 0 spiro atoms. The molecule has 1 atom stereocenters. The average Bonchev–Trinajstić information content (AvgIpc) is 2.65. The molecule has 0 bridgehead atoms. The predicted octanol–water partition coefficient (Wildman–Crippen LogP) is 5.82. The summed E-state index contributed by atoms with van der Waals surface area (Å²) in [5.41, 5.74) is 5.58. The summed E-state index contributed by atoms with van der Waals surface area (Å²) in [6.07, 6.45) is 0. The van der Waals surface area contributed by atoms with Crippen LogP contribution < -0.4 is 14.8 Å². The Bertz CT molecular complexity index is 855. The van der Waals surface area contributed by atoms with Crippen LogP contribution in [0.5, 0.6) is 11.5 Å². The van der Waals surface area contributed by atoms with Gasteiger partial charge in [-0.15, -0.1) is 0 Å². The highest BCUT2D eigenvalue weighted by Gasteiger charge is 2.17. The van der Waals surface area contributed by atoms with E-state index < -0.39 is 0 Å². The zero-order valence-electron chi connectivity index (χ0n) is 19.1. The van der Waals surface area contributed by atoms with Gasteiger partial charge in [-0.1, -0.05) is 39.8 Å². The fourth-order valence-electron chi connectivity index (χ4n) is 3.56. The first-order chi connectivity index (χ1) is 13.6. The predicted molar refractivity (Wildman–Crippen MR) is 119 cm³/mol. The molecule has 0 aliphatic rings. The van der Waals surface area contributed by atoms with Crippen molar-refractivity contribution in [3.05, 3.63) is 58.1 Å². The molecule has 0 heterocycles. The van der Waals surface area contributed by atoms with Crippen molar-refractivity contribution in [3.63, 3.8) is 0 Å². The number of carbonyl (C=O) groups is 1. The highest BCUT2D eigenvalue weighted by atomic mass is 16.5. The number of rotatable bonds is 8. The van der Waals surface area contributed by atoms with Crippen molar-refractivity contribution in [1.29, 1.82) is 0 Å². The molecular formula is C25H35NO3. The van der Waals surface area contributed by atoms with E-state index >= 15 is 0 Å². The van der Waals surface area contributed by atoms with E-state index in [9.17, 15) is 4.79 Å². The van der Waals surface area contributed by atoms with E-state index in [0.717, 1.165) is 39.3 Å². The van der Waals surface area contributed by atoms with Crippen LogP contribution in [-0.2, 0) is 4.79 Å². The highest BCUT2D eigenvalue weighted by molar-refractivity contribution is 5.78. The summed E-state index contributed by atoms with van der Waals surface area (Å²) in [6.45, 7) is 14.6. The van der Waals surface area contributed by atoms with E-state index in [2.05, 4.69) is 51.2 Å². The summed E-state index contributed by atoms with van der Waals surface area (Å²) >= 11 is 0. The molecule has 4 heteroatoms. The number of aryl methyl sites for hydroxylation is 2. The number of benzene rings is 2. The molecule has 1 N–H and O–H groups in total. The van der Waals surface area contributed by atoms with E-state index in [-0.39, 0.29) is 18.6 Å². The van der Waals surface area contributed by atoms with Gasteiger partial charge in [-0.25, -0.2) is 0 Å². The topological polar surface area (TPSA) is 47.6 Å². The first-order valence-corrected chi connectivity index (χ1v) is 10.3. The van der Waals surface area contributed by atoms with Crippen LogP contribution in [0.4, 0.5) is 0 Å². The summed E-state index contributed by atoms with van der Waals surface area (Å²) < 4.78 is 11.4. The molecule has 29 heavy (non-hydrogen) atoms. The van der Waals surface area contributed by atoms with Crippen molar-refractivity contribution in [2.45, 2.75) is 66.3 Å². The normalized spacial score (nSPS) is 12.2. The van der Waals surface area contributed by atoms with Crippen LogP contribution in [0.25, 0.3) is 0 Å². The SMILES string of the molecule is COc1cc(C)c([C@@H](C)NC(=O)COc2cc(C)ccc2C(C)C)cc1C(C)C. The van der Waals surface area contributed by atoms with Gasteiger partial charge in [0.05, 0.1) is 13.2 Å². The monoisotopic (exact) mass is 397 g/mol. The van der Waals surface area contributed by atoms with Gasteiger partial charge >= 0.3 is 0 Å². The number of ether oxygens (including phenoxy) is 2.